The molecule has 4 heteroatoms. The van der Waals surface area contributed by atoms with Crippen molar-refractivity contribution in [2.45, 2.75) is 109 Å². The van der Waals surface area contributed by atoms with E-state index in [4.69, 9.17) is 4.74 Å². The van der Waals surface area contributed by atoms with Crippen molar-refractivity contribution in [2.75, 3.05) is 7.11 Å². The van der Waals surface area contributed by atoms with Crippen molar-refractivity contribution in [1.29, 1.82) is 0 Å². The molecule has 0 aromatic heterocycles. The van der Waals surface area contributed by atoms with E-state index in [9.17, 15) is 9.59 Å². The lowest BCUT2D eigenvalue weighted by Crippen LogP contribution is -2.18. The van der Waals surface area contributed by atoms with Crippen molar-refractivity contribution in [1.82, 2.24) is 0 Å². The summed E-state index contributed by atoms with van der Waals surface area (Å²) in [5, 5.41) is 0. The van der Waals surface area contributed by atoms with E-state index in [-0.39, 0.29) is 18.0 Å². The van der Waals surface area contributed by atoms with Gasteiger partial charge in [-0.3, -0.25) is 4.79 Å². The Kier molecular flexibility index (Phi) is 17.1. The third-order valence-electron chi connectivity index (χ3n) is 5.71. The summed E-state index contributed by atoms with van der Waals surface area (Å²) in [5.74, 6) is -0.335. The number of unbranched alkanes of at least 4 members (excludes halogenated alkanes) is 9. The van der Waals surface area contributed by atoms with Gasteiger partial charge in [-0.25, -0.2) is 4.79 Å². The first-order valence-electron chi connectivity index (χ1n) is 12.6. The molecule has 0 fully saturated rings. The van der Waals surface area contributed by atoms with Gasteiger partial charge in [0.25, 0.3) is 0 Å². The van der Waals surface area contributed by atoms with Gasteiger partial charge in [0, 0.05) is 6.42 Å². The lowest BCUT2D eigenvalue weighted by molar-refractivity contribution is -0.140. The first-order valence-corrected chi connectivity index (χ1v) is 12.6. The van der Waals surface area contributed by atoms with Crippen molar-refractivity contribution < 1.29 is 19.1 Å². The number of benzene rings is 1. The number of hydrogen-bond acceptors (Lipinski definition) is 4. The van der Waals surface area contributed by atoms with E-state index in [1.54, 1.807) is 0 Å². The van der Waals surface area contributed by atoms with Crippen molar-refractivity contribution in [3.63, 3.8) is 0 Å². The molecule has 0 aliphatic heterocycles. The van der Waals surface area contributed by atoms with E-state index < -0.39 is 0 Å². The molecule has 0 radical (unpaired) electrons. The zero-order chi connectivity index (χ0) is 23.3. The van der Waals surface area contributed by atoms with E-state index in [1.165, 1.54) is 39.2 Å². The van der Waals surface area contributed by atoms with Crippen molar-refractivity contribution in [3.05, 3.63) is 48.0 Å². The van der Waals surface area contributed by atoms with Crippen molar-refractivity contribution in [2.24, 2.45) is 0 Å². The fourth-order valence-corrected chi connectivity index (χ4v) is 3.72. The highest BCUT2D eigenvalue weighted by molar-refractivity contribution is 5.89. The summed E-state index contributed by atoms with van der Waals surface area (Å²) in [4.78, 5) is 23.6. The molecular weight excluding hydrogens is 400 g/mol. The van der Waals surface area contributed by atoms with Crippen LogP contribution in [0.15, 0.2) is 42.5 Å². The first kappa shape index (κ1) is 27.9. The predicted octanol–water partition coefficient (Wildman–Crippen LogP) is 7.81. The Morgan fingerprint density at radius 2 is 1.41 bits per heavy atom. The van der Waals surface area contributed by atoms with Crippen LogP contribution in [-0.4, -0.2) is 25.2 Å². The molecular formula is C28H44O4. The average Bonchev–Trinajstić information content (AvgIpc) is 2.82. The van der Waals surface area contributed by atoms with Crippen LogP contribution in [0.3, 0.4) is 0 Å². The van der Waals surface area contributed by atoms with E-state index >= 15 is 0 Å². The molecule has 1 rings (SSSR count). The number of carbonyl (C=O) groups excluding carboxylic acids is 2. The number of carbonyl (C=O) groups is 2. The second-order valence-corrected chi connectivity index (χ2v) is 8.53. The first-order chi connectivity index (χ1) is 15.7. The van der Waals surface area contributed by atoms with Crippen LogP contribution in [0.4, 0.5) is 0 Å². The Morgan fingerprint density at radius 3 is 2.06 bits per heavy atom. The van der Waals surface area contributed by atoms with Crippen LogP contribution in [0.1, 0.15) is 114 Å². The second-order valence-electron chi connectivity index (χ2n) is 8.53. The summed E-state index contributed by atoms with van der Waals surface area (Å²) in [7, 11) is 1.43. The molecule has 4 nitrogen and oxygen atoms in total. The molecule has 180 valence electrons. The standard InChI is InChI=1S/C28H44O4/c1-3-4-5-6-11-17-22-26(32-28(30)25-20-15-14-16-21-25)23-18-12-9-7-8-10-13-19-24-27(29)31-2/h8,10,14-16,20-21,26H,3-7,9,11-13,17-19,22-24H2,1-2H3/b10-8-/t26-/m0/s1. The van der Waals surface area contributed by atoms with Gasteiger partial charge in [-0.1, -0.05) is 75.8 Å². The van der Waals surface area contributed by atoms with E-state index in [2.05, 4.69) is 23.8 Å². The van der Waals surface area contributed by atoms with Gasteiger partial charge >= 0.3 is 11.9 Å². The highest BCUT2D eigenvalue weighted by atomic mass is 16.5. The number of methoxy groups -OCH3 is 1. The van der Waals surface area contributed by atoms with Crippen molar-refractivity contribution >= 4 is 11.9 Å². The predicted molar refractivity (Wildman–Crippen MR) is 132 cm³/mol. The van der Waals surface area contributed by atoms with Gasteiger partial charge in [0.2, 0.25) is 0 Å². The lowest BCUT2D eigenvalue weighted by Gasteiger charge is -2.18. The average molecular weight is 445 g/mol. The summed E-state index contributed by atoms with van der Waals surface area (Å²) >= 11 is 0. The van der Waals surface area contributed by atoms with Crippen LogP contribution in [0.5, 0.6) is 0 Å². The van der Waals surface area contributed by atoms with Crippen LogP contribution in [-0.2, 0) is 14.3 Å². The highest BCUT2D eigenvalue weighted by Crippen LogP contribution is 2.18. The van der Waals surface area contributed by atoms with Crippen LogP contribution in [0, 0.1) is 0 Å². The summed E-state index contributed by atoms with van der Waals surface area (Å²) in [6, 6.07) is 9.31. The molecule has 0 aliphatic carbocycles. The second kappa shape index (κ2) is 19.6. The fraction of sp³-hybridized carbons (Fsp3) is 0.643. The van der Waals surface area contributed by atoms with Gasteiger partial charge < -0.3 is 9.47 Å². The Hall–Kier alpha value is -2.10. The number of ether oxygens (including phenoxy) is 2. The van der Waals surface area contributed by atoms with Gasteiger partial charge in [0.1, 0.15) is 6.10 Å². The molecule has 0 saturated heterocycles. The Bertz CT molecular complexity index is 624. The normalized spacial score (nSPS) is 12.1. The summed E-state index contributed by atoms with van der Waals surface area (Å²) in [6.45, 7) is 2.24. The summed E-state index contributed by atoms with van der Waals surface area (Å²) in [5.41, 5.74) is 0.637. The third-order valence-corrected chi connectivity index (χ3v) is 5.71. The maximum atomic E-state index is 12.5. The topological polar surface area (TPSA) is 52.6 Å². The highest BCUT2D eigenvalue weighted by Gasteiger charge is 2.15. The Balaban J connectivity index is 2.27. The number of allylic oxidation sites excluding steroid dienone is 2. The maximum Gasteiger partial charge on any atom is 0.338 e. The molecule has 0 bridgehead atoms. The number of rotatable bonds is 19. The molecule has 1 aromatic rings. The van der Waals surface area contributed by atoms with Crippen LogP contribution < -0.4 is 0 Å². The van der Waals surface area contributed by atoms with Crippen LogP contribution in [0.2, 0.25) is 0 Å². The summed E-state index contributed by atoms with van der Waals surface area (Å²) < 4.78 is 10.5. The molecule has 1 atom stereocenters. The molecule has 0 unspecified atom stereocenters. The van der Waals surface area contributed by atoms with E-state index in [1.807, 2.05) is 30.3 Å². The Labute approximate surface area is 195 Å². The lowest BCUT2D eigenvalue weighted by atomic mass is 10.0. The quantitative estimate of drug-likeness (QED) is 0.124. The zero-order valence-corrected chi connectivity index (χ0v) is 20.4. The molecule has 0 amide bonds. The fourth-order valence-electron chi connectivity index (χ4n) is 3.72. The Morgan fingerprint density at radius 1 is 0.812 bits per heavy atom. The van der Waals surface area contributed by atoms with E-state index in [0.29, 0.717) is 12.0 Å². The smallest absolute Gasteiger partial charge is 0.338 e. The molecule has 0 heterocycles. The minimum absolute atomic E-state index is 0.0164. The molecule has 0 spiro atoms. The molecule has 0 aliphatic rings. The SMILES string of the molecule is CCCCCCCC[C@@H](CCCCC/C=C\CCCC(=O)OC)OC(=O)c1ccccc1. The maximum absolute atomic E-state index is 12.5. The van der Waals surface area contributed by atoms with E-state index in [0.717, 1.165) is 57.8 Å². The molecule has 32 heavy (non-hydrogen) atoms. The number of hydrogen-bond donors (Lipinski definition) is 0. The van der Waals surface area contributed by atoms with Gasteiger partial charge in [0.15, 0.2) is 0 Å². The molecule has 0 N–H and O–H groups in total. The van der Waals surface area contributed by atoms with Crippen molar-refractivity contribution in [3.8, 4) is 0 Å². The largest absolute Gasteiger partial charge is 0.469 e. The third kappa shape index (κ3) is 14.8. The summed E-state index contributed by atoms with van der Waals surface area (Å²) in [6.07, 6.45) is 20.5. The van der Waals surface area contributed by atoms with Gasteiger partial charge in [0.05, 0.1) is 12.7 Å². The minimum atomic E-state index is -0.198. The van der Waals surface area contributed by atoms with Crippen LogP contribution >= 0.6 is 0 Å². The van der Waals surface area contributed by atoms with Gasteiger partial charge in [-0.05, 0) is 63.5 Å². The number of esters is 2. The minimum Gasteiger partial charge on any atom is -0.469 e. The van der Waals surface area contributed by atoms with Crippen LogP contribution in [0.25, 0.3) is 0 Å². The monoisotopic (exact) mass is 444 g/mol. The van der Waals surface area contributed by atoms with Gasteiger partial charge in [-0.2, -0.15) is 0 Å². The zero-order valence-electron chi connectivity index (χ0n) is 20.4. The molecule has 0 saturated carbocycles. The van der Waals surface area contributed by atoms with Gasteiger partial charge in [-0.15, -0.1) is 0 Å². The molecule has 1 aromatic carbocycles.